The second kappa shape index (κ2) is 8.03. The zero-order chi connectivity index (χ0) is 15.9. The van der Waals surface area contributed by atoms with Crippen LogP contribution in [0.15, 0.2) is 18.2 Å². The van der Waals surface area contributed by atoms with Crippen LogP contribution >= 0.6 is 0 Å². The summed E-state index contributed by atoms with van der Waals surface area (Å²) in [6.07, 6.45) is 1.53. The number of aryl methyl sites for hydroxylation is 1. The monoisotopic (exact) mass is 293 g/mol. The van der Waals surface area contributed by atoms with Gasteiger partial charge in [-0.3, -0.25) is 4.79 Å². The number of hydrogen-bond donors (Lipinski definition) is 1. The molecular formula is C17H27NO3. The van der Waals surface area contributed by atoms with Crippen LogP contribution in [0.25, 0.3) is 0 Å². The van der Waals surface area contributed by atoms with Crippen LogP contribution in [0.3, 0.4) is 0 Å². The highest BCUT2D eigenvalue weighted by Crippen LogP contribution is 2.21. The number of methoxy groups -OCH3 is 1. The number of carbonyl (C=O) groups excluding carboxylic acids is 1. The first-order valence-corrected chi connectivity index (χ1v) is 7.47. The molecule has 1 aromatic rings. The van der Waals surface area contributed by atoms with E-state index in [9.17, 15) is 4.79 Å². The van der Waals surface area contributed by atoms with Crippen molar-refractivity contribution in [3.8, 4) is 5.75 Å². The molecule has 118 valence electrons. The third kappa shape index (κ3) is 4.74. The van der Waals surface area contributed by atoms with Gasteiger partial charge >= 0.3 is 5.97 Å². The number of carbonyl (C=O) groups is 1. The van der Waals surface area contributed by atoms with Gasteiger partial charge in [-0.2, -0.15) is 0 Å². The van der Waals surface area contributed by atoms with Crippen molar-refractivity contribution >= 4 is 5.97 Å². The first-order valence-electron chi connectivity index (χ1n) is 7.47. The summed E-state index contributed by atoms with van der Waals surface area (Å²) in [4.78, 5) is 12.0. The van der Waals surface area contributed by atoms with Crippen LogP contribution in [0.4, 0.5) is 0 Å². The summed E-state index contributed by atoms with van der Waals surface area (Å²) in [7, 11) is 1.42. The zero-order valence-electron chi connectivity index (χ0n) is 13.8. The average molecular weight is 293 g/mol. The topological polar surface area (TPSA) is 47.6 Å². The molecule has 0 saturated carbocycles. The van der Waals surface area contributed by atoms with Crippen LogP contribution in [-0.4, -0.2) is 31.8 Å². The molecule has 21 heavy (non-hydrogen) atoms. The maximum Gasteiger partial charge on any atom is 0.325 e. The molecule has 0 radical (unpaired) electrons. The van der Waals surface area contributed by atoms with Crippen molar-refractivity contribution in [2.24, 2.45) is 0 Å². The van der Waals surface area contributed by atoms with Crippen molar-refractivity contribution < 1.29 is 14.3 Å². The Labute approximate surface area is 127 Å². The largest absolute Gasteiger partial charge is 0.493 e. The predicted octanol–water partition coefficient (Wildman–Crippen LogP) is 3.00. The molecule has 0 aliphatic carbocycles. The molecule has 4 heteroatoms. The molecule has 1 aromatic carbocycles. The van der Waals surface area contributed by atoms with Crippen LogP contribution in [0.1, 0.15) is 37.8 Å². The molecule has 0 aromatic heterocycles. The number of esters is 1. The lowest BCUT2D eigenvalue weighted by Crippen LogP contribution is -2.51. The minimum absolute atomic E-state index is 0.250. The van der Waals surface area contributed by atoms with Crippen molar-refractivity contribution in [2.45, 2.75) is 46.1 Å². The molecule has 1 rings (SSSR count). The van der Waals surface area contributed by atoms with Gasteiger partial charge < -0.3 is 14.8 Å². The van der Waals surface area contributed by atoms with Crippen LogP contribution in [-0.2, 0) is 9.53 Å². The second-order valence-electron chi connectivity index (χ2n) is 5.55. The van der Waals surface area contributed by atoms with Crippen molar-refractivity contribution in [3.63, 3.8) is 0 Å². The summed E-state index contributed by atoms with van der Waals surface area (Å²) in [6, 6.07) is 5.99. The van der Waals surface area contributed by atoms with Crippen LogP contribution < -0.4 is 10.1 Å². The molecule has 4 nitrogen and oxygen atoms in total. The lowest BCUT2D eigenvalue weighted by Gasteiger charge is -2.28. The summed E-state index contributed by atoms with van der Waals surface area (Å²) in [5.41, 5.74) is 1.63. The van der Waals surface area contributed by atoms with E-state index in [4.69, 9.17) is 9.47 Å². The quantitative estimate of drug-likeness (QED) is 0.749. The molecule has 0 bridgehead atoms. The Kier molecular flexibility index (Phi) is 6.69. The number of hydrogen-bond acceptors (Lipinski definition) is 4. The van der Waals surface area contributed by atoms with Gasteiger partial charge in [0.25, 0.3) is 0 Å². The zero-order valence-corrected chi connectivity index (χ0v) is 13.8. The van der Waals surface area contributed by atoms with Gasteiger partial charge in [0, 0.05) is 6.42 Å². The molecule has 0 saturated heterocycles. The summed E-state index contributed by atoms with van der Waals surface area (Å²) in [5.74, 6) is 0.623. The molecule has 0 heterocycles. The first kappa shape index (κ1) is 17.5. The lowest BCUT2D eigenvalue weighted by molar-refractivity contribution is -0.148. The van der Waals surface area contributed by atoms with Gasteiger partial charge in [0.05, 0.1) is 13.7 Å². The Morgan fingerprint density at radius 1 is 1.33 bits per heavy atom. The van der Waals surface area contributed by atoms with Gasteiger partial charge in [0.15, 0.2) is 0 Å². The van der Waals surface area contributed by atoms with E-state index in [0.29, 0.717) is 13.0 Å². The third-order valence-corrected chi connectivity index (χ3v) is 3.82. The number of benzene rings is 1. The van der Waals surface area contributed by atoms with Crippen LogP contribution in [0.5, 0.6) is 5.75 Å². The molecule has 0 amide bonds. The van der Waals surface area contributed by atoms with E-state index in [0.717, 1.165) is 24.3 Å². The van der Waals surface area contributed by atoms with Gasteiger partial charge in [-0.05, 0) is 50.9 Å². The van der Waals surface area contributed by atoms with E-state index in [1.54, 1.807) is 0 Å². The van der Waals surface area contributed by atoms with Crippen LogP contribution in [0.2, 0.25) is 0 Å². The molecule has 1 unspecified atom stereocenters. The van der Waals surface area contributed by atoms with E-state index in [1.165, 1.54) is 12.7 Å². The van der Waals surface area contributed by atoms with Crippen molar-refractivity contribution in [2.75, 3.05) is 20.3 Å². The molecule has 0 fully saturated rings. The number of nitrogens with one attached hydrogen (secondary N) is 1. The smallest absolute Gasteiger partial charge is 0.325 e. The van der Waals surface area contributed by atoms with Gasteiger partial charge in [0.2, 0.25) is 0 Å². The standard InChI is InChI=1S/C17H27NO3/c1-6-11-18-17(4,16(19)20-5)10-12-21-15-9-7-8-13(2)14(15)3/h7-9,18H,6,10-12H2,1-5H3. The highest BCUT2D eigenvalue weighted by molar-refractivity contribution is 5.80. The highest BCUT2D eigenvalue weighted by atomic mass is 16.5. The minimum atomic E-state index is -0.706. The lowest BCUT2D eigenvalue weighted by atomic mass is 9.98. The van der Waals surface area contributed by atoms with Crippen molar-refractivity contribution in [3.05, 3.63) is 29.3 Å². The van der Waals surface area contributed by atoms with Gasteiger partial charge in [-0.15, -0.1) is 0 Å². The second-order valence-corrected chi connectivity index (χ2v) is 5.55. The van der Waals surface area contributed by atoms with Gasteiger partial charge in [-0.1, -0.05) is 19.1 Å². The minimum Gasteiger partial charge on any atom is -0.493 e. The molecule has 1 atom stereocenters. The Bertz CT molecular complexity index is 473. The normalized spacial score (nSPS) is 13.6. The Morgan fingerprint density at radius 3 is 2.67 bits per heavy atom. The fourth-order valence-electron chi connectivity index (χ4n) is 2.13. The maximum absolute atomic E-state index is 12.0. The van der Waals surface area contributed by atoms with E-state index in [1.807, 2.05) is 26.0 Å². The molecule has 0 spiro atoms. The maximum atomic E-state index is 12.0. The summed E-state index contributed by atoms with van der Waals surface area (Å²) in [5, 5.41) is 3.25. The van der Waals surface area contributed by atoms with E-state index in [2.05, 4.69) is 25.2 Å². The first-order chi connectivity index (χ1) is 9.94. The number of ether oxygens (including phenoxy) is 2. The Balaban J connectivity index is 2.65. The van der Waals surface area contributed by atoms with Gasteiger partial charge in [-0.25, -0.2) is 0 Å². The fourth-order valence-corrected chi connectivity index (χ4v) is 2.13. The van der Waals surface area contributed by atoms with Crippen molar-refractivity contribution in [1.29, 1.82) is 0 Å². The molecule has 1 N–H and O–H groups in total. The predicted molar refractivity (Wildman–Crippen MR) is 84.7 cm³/mol. The molecule has 0 aliphatic rings. The SMILES string of the molecule is CCCNC(C)(CCOc1cccc(C)c1C)C(=O)OC. The highest BCUT2D eigenvalue weighted by Gasteiger charge is 2.33. The summed E-state index contributed by atoms with van der Waals surface area (Å²) >= 11 is 0. The summed E-state index contributed by atoms with van der Waals surface area (Å²) < 4.78 is 10.7. The van der Waals surface area contributed by atoms with E-state index in [-0.39, 0.29) is 5.97 Å². The van der Waals surface area contributed by atoms with Gasteiger partial charge in [0.1, 0.15) is 11.3 Å². The third-order valence-electron chi connectivity index (χ3n) is 3.82. The van der Waals surface area contributed by atoms with Crippen LogP contribution in [0, 0.1) is 13.8 Å². The van der Waals surface area contributed by atoms with E-state index < -0.39 is 5.54 Å². The van der Waals surface area contributed by atoms with E-state index >= 15 is 0 Å². The fraction of sp³-hybridized carbons (Fsp3) is 0.588. The van der Waals surface area contributed by atoms with Crippen molar-refractivity contribution in [1.82, 2.24) is 5.32 Å². The Hall–Kier alpha value is -1.55. The number of rotatable bonds is 8. The average Bonchev–Trinajstić information content (AvgIpc) is 2.48. The molecular weight excluding hydrogens is 266 g/mol. The molecule has 0 aliphatic heterocycles. The summed E-state index contributed by atoms with van der Waals surface area (Å²) in [6.45, 7) is 9.27. The Morgan fingerprint density at radius 2 is 2.05 bits per heavy atom.